The molecule has 0 atom stereocenters. The molecule has 18 aromatic carbocycles. The normalized spacial score (nSPS) is 11.8. The third-order valence-corrected chi connectivity index (χ3v) is 23.3. The summed E-state index contributed by atoms with van der Waals surface area (Å²) < 4.78 is 19.2. The van der Waals surface area contributed by atoms with Gasteiger partial charge < -0.3 is 13.3 Å². The fourth-order valence-corrected chi connectivity index (χ4v) is 17.9. The highest BCUT2D eigenvalue weighted by Gasteiger charge is 2.23. The molecule has 25 rings (SSSR count). The molecule has 0 N–H and O–H groups in total. The lowest BCUT2D eigenvalue weighted by Gasteiger charge is -2.14. The first-order valence-corrected chi connectivity index (χ1v) is 39.6. The van der Waals surface area contributed by atoms with Crippen LogP contribution in [0.3, 0.4) is 0 Å². The Bertz CT molecular complexity index is 8250. The third kappa shape index (κ3) is 11.3. The maximum absolute atomic E-state index is 6.43. The van der Waals surface area contributed by atoms with Crippen molar-refractivity contribution in [1.29, 1.82) is 0 Å². The van der Waals surface area contributed by atoms with Gasteiger partial charge in [-0.25, -0.2) is 19.9 Å². The second kappa shape index (κ2) is 27.6. The highest BCUT2D eigenvalue weighted by molar-refractivity contribution is 6.27. The number of benzene rings is 18. The van der Waals surface area contributed by atoms with E-state index < -0.39 is 0 Å². The van der Waals surface area contributed by atoms with Gasteiger partial charge in [0.25, 0.3) is 0 Å². The summed E-state index contributed by atoms with van der Waals surface area (Å²) in [6.07, 6.45) is 0. The van der Waals surface area contributed by atoms with Gasteiger partial charge in [0.1, 0.15) is 33.5 Å². The van der Waals surface area contributed by atoms with Gasteiger partial charge in [0.05, 0.1) is 61.2 Å². The van der Waals surface area contributed by atoms with Crippen LogP contribution in [-0.4, -0.2) is 19.9 Å². The average Bonchev–Trinajstić information content (AvgIpc) is 1.68. The fourth-order valence-electron chi connectivity index (χ4n) is 17.9. The molecule has 0 saturated carbocycles. The number of rotatable bonds is 7. The molecule has 25 aromatic rings. The van der Waals surface area contributed by atoms with E-state index in [1.165, 1.54) is 54.6 Å². The minimum absolute atomic E-state index is 0.883. The molecular formula is C110H66N4O3. The highest BCUT2D eigenvalue weighted by Crippen LogP contribution is 2.46. The number of nitrogens with zero attached hydrogens (tertiary/aromatic N) is 4. The van der Waals surface area contributed by atoms with Crippen LogP contribution in [0.4, 0.5) is 0 Å². The van der Waals surface area contributed by atoms with E-state index in [0.717, 1.165) is 187 Å². The lowest BCUT2D eigenvalue weighted by Crippen LogP contribution is -1.94. The van der Waals surface area contributed by atoms with Crippen LogP contribution in [-0.2, 0) is 0 Å². The van der Waals surface area contributed by atoms with Gasteiger partial charge in [0.15, 0.2) is 0 Å². The van der Waals surface area contributed by atoms with E-state index in [0.29, 0.717) is 0 Å². The Balaban J connectivity index is 0.000000103. The lowest BCUT2D eigenvalue weighted by molar-refractivity contribution is 0.672. The Labute approximate surface area is 670 Å². The number of fused-ring (bicyclic) bond motifs is 25. The second-order valence-corrected chi connectivity index (χ2v) is 30.1. The largest absolute Gasteiger partial charge is 0.455 e. The van der Waals surface area contributed by atoms with Gasteiger partial charge in [-0.3, -0.25) is 0 Å². The maximum Gasteiger partial charge on any atom is 0.145 e. The molecule has 0 radical (unpaired) electrons. The second-order valence-electron chi connectivity index (χ2n) is 30.1. The molecule has 7 aromatic heterocycles. The molecular weight excluding hydrogens is 1430 g/mol. The molecule has 0 aliphatic heterocycles. The molecule has 0 saturated heterocycles. The molecule has 7 heterocycles. The van der Waals surface area contributed by atoms with E-state index in [2.05, 4.69) is 328 Å². The van der Waals surface area contributed by atoms with Gasteiger partial charge >= 0.3 is 0 Å². The monoisotopic (exact) mass is 1490 g/mol. The van der Waals surface area contributed by atoms with E-state index in [1.807, 2.05) is 72.8 Å². The Kier molecular flexibility index (Phi) is 15.8. The summed E-state index contributed by atoms with van der Waals surface area (Å²) in [6.45, 7) is 0. The van der Waals surface area contributed by atoms with Gasteiger partial charge in [-0.2, -0.15) is 0 Å². The van der Waals surface area contributed by atoms with Crippen molar-refractivity contribution in [3.63, 3.8) is 0 Å². The van der Waals surface area contributed by atoms with Gasteiger partial charge in [0.2, 0.25) is 0 Å². The summed E-state index contributed by atoms with van der Waals surface area (Å²) in [5.74, 6) is 0. The molecule has 0 spiro atoms. The summed E-state index contributed by atoms with van der Waals surface area (Å²) in [5.41, 5.74) is 23.2. The molecule has 0 fully saturated rings. The van der Waals surface area contributed by atoms with Crippen LogP contribution in [0.25, 0.3) is 242 Å². The number of pyridine rings is 4. The Hall–Kier alpha value is -15.7. The van der Waals surface area contributed by atoms with E-state index in [9.17, 15) is 0 Å². The van der Waals surface area contributed by atoms with Crippen molar-refractivity contribution >= 4 is 163 Å². The predicted octanol–water partition coefficient (Wildman–Crippen LogP) is 30.4. The Morgan fingerprint density at radius 2 is 0.504 bits per heavy atom. The SMILES string of the molecule is c1ccc(-c2cc(-c3nc4ccc5c6ccccc6oc5c4c4ccccc34)cc(-c3ccccc3)n2)cc1.c1ccc(-c2cc3cc(-c4nc5ccc6c7ccccc7oc6c5c5ccccc45)ccc3c3ccccc23)cc1.c1ccc2c(-c3ccc(-c4nc5ccc6c7ccccc7oc6c5c5ccccc45)cc3)cccc2c1. The van der Waals surface area contributed by atoms with Crippen molar-refractivity contribution in [2.24, 2.45) is 0 Å². The molecule has 117 heavy (non-hydrogen) atoms. The summed E-state index contributed by atoms with van der Waals surface area (Å²) in [4.78, 5) is 20.8. The molecule has 7 heteroatoms. The number of aromatic nitrogens is 4. The van der Waals surface area contributed by atoms with Crippen LogP contribution in [0.1, 0.15) is 0 Å². The van der Waals surface area contributed by atoms with Gasteiger partial charge in [-0.15, -0.1) is 0 Å². The van der Waals surface area contributed by atoms with Crippen molar-refractivity contribution in [3.8, 4) is 78.5 Å². The van der Waals surface area contributed by atoms with Crippen LogP contribution >= 0.6 is 0 Å². The summed E-state index contributed by atoms with van der Waals surface area (Å²) in [6, 6.07) is 140. The predicted molar refractivity (Wildman–Crippen MR) is 488 cm³/mol. The number of furan rings is 3. The van der Waals surface area contributed by atoms with Gasteiger partial charge in [-0.05, 0) is 150 Å². The van der Waals surface area contributed by atoms with Crippen LogP contribution in [0.5, 0.6) is 0 Å². The van der Waals surface area contributed by atoms with Crippen molar-refractivity contribution < 1.29 is 13.3 Å². The smallest absolute Gasteiger partial charge is 0.145 e. The first-order chi connectivity index (χ1) is 58.0. The molecule has 0 amide bonds. The molecule has 7 nitrogen and oxygen atoms in total. The number of hydrogen-bond donors (Lipinski definition) is 0. The van der Waals surface area contributed by atoms with Gasteiger partial charge in [-0.1, -0.05) is 322 Å². The minimum atomic E-state index is 0.883. The summed E-state index contributed by atoms with van der Waals surface area (Å²) in [5, 5.41) is 24.2. The highest BCUT2D eigenvalue weighted by atomic mass is 16.3. The van der Waals surface area contributed by atoms with E-state index in [1.54, 1.807) is 0 Å². The maximum atomic E-state index is 6.43. The van der Waals surface area contributed by atoms with E-state index in [4.69, 9.17) is 33.2 Å². The standard InChI is InChI=1S/C39H23NO.C36H22N2O.C35H21NO/c1-2-10-24(11-3-1)34-23-26-22-25(18-19-27(26)28-12-4-5-13-29(28)34)38-32-16-7-6-15-31(32)37-35(40-38)21-20-33-30-14-8-9-17-36(30)41-39(33)37;1-3-11-23(12-4-1)31-21-25(22-32(37-31)24-13-5-2-6-14-24)35-28-17-8-7-16-27(28)34-30(38-35)20-19-29-26-15-9-10-18-33(26)39-36(29)34;1-2-10-25-22(8-1)9-7-14-26(25)23-16-18-24(19-17-23)34-29-13-4-3-12-28(29)33-31(36-34)21-20-30-27-11-5-6-15-32(27)37-35(30)33/h1-23H;1-22H;1-21H. The number of hydrogen-bond acceptors (Lipinski definition) is 7. The van der Waals surface area contributed by atoms with Crippen LogP contribution < -0.4 is 0 Å². The summed E-state index contributed by atoms with van der Waals surface area (Å²) in [7, 11) is 0. The molecule has 0 aliphatic rings. The van der Waals surface area contributed by atoms with Crippen LogP contribution in [0.15, 0.2) is 414 Å². The average molecular weight is 1490 g/mol. The Morgan fingerprint density at radius 3 is 0.983 bits per heavy atom. The molecule has 0 bridgehead atoms. The van der Waals surface area contributed by atoms with E-state index in [-0.39, 0.29) is 0 Å². The zero-order valence-corrected chi connectivity index (χ0v) is 63.1. The van der Waals surface area contributed by atoms with Crippen molar-refractivity contribution in [2.45, 2.75) is 0 Å². The van der Waals surface area contributed by atoms with Gasteiger partial charge in [0, 0.05) is 76.3 Å². The van der Waals surface area contributed by atoms with Crippen molar-refractivity contribution in [1.82, 2.24) is 19.9 Å². The van der Waals surface area contributed by atoms with E-state index >= 15 is 0 Å². The molecule has 0 unspecified atom stereocenters. The van der Waals surface area contributed by atoms with Crippen molar-refractivity contribution in [3.05, 3.63) is 400 Å². The molecule has 544 valence electrons. The first kappa shape index (κ1) is 67.0. The lowest BCUT2D eigenvalue weighted by atomic mass is 9.91. The summed E-state index contributed by atoms with van der Waals surface area (Å²) >= 11 is 0. The van der Waals surface area contributed by atoms with Crippen LogP contribution in [0.2, 0.25) is 0 Å². The zero-order valence-electron chi connectivity index (χ0n) is 63.1. The fraction of sp³-hybridized carbons (Fsp3) is 0. The van der Waals surface area contributed by atoms with Crippen molar-refractivity contribution in [2.75, 3.05) is 0 Å². The van der Waals surface area contributed by atoms with Crippen LogP contribution in [0, 0.1) is 0 Å². The Morgan fingerprint density at radius 1 is 0.162 bits per heavy atom. The zero-order chi connectivity index (χ0) is 77.0. The minimum Gasteiger partial charge on any atom is -0.455 e. The number of para-hydroxylation sites is 3. The molecule has 0 aliphatic carbocycles. The quantitative estimate of drug-likeness (QED) is 0.147. The topological polar surface area (TPSA) is 91.0 Å². The first-order valence-electron chi connectivity index (χ1n) is 39.6. The third-order valence-electron chi connectivity index (χ3n) is 23.3.